The van der Waals surface area contributed by atoms with Crippen LogP contribution in [-0.4, -0.2) is 34.2 Å². The monoisotopic (exact) mass is 378 g/mol. The number of ether oxygens (including phenoxy) is 1. The van der Waals surface area contributed by atoms with Crippen molar-refractivity contribution in [3.63, 3.8) is 0 Å². The van der Waals surface area contributed by atoms with Crippen LogP contribution in [0.5, 0.6) is 0 Å². The van der Waals surface area contributed by atoms with Crippen LogP contribution >= 0.6 is 0 Å². The van der Waals surface area contributed by atoms with Crippen LogP contribution in [0.25, 0.3) is 0 Å². The number of methoxy groups -OCH3 is 1. The highest BCUT2D eigenvalue weighted by molar-refractivity contribution is 5.90. The summed E-state index contributed by atoms with van der Waals surface area (Å²) < 4.78 is 4.71. The minimum absolute atomic E-state index is 0.132. The van der Waals surface area contributed by atoms with Crippen molar-refractivity contribution in [2.75, 3.05) is 23.1 Å². The van der Waals surface area contributed by atoms with Crippen molar-refractivity contribution in [1.82, 2.24) is 15.2 Å². The van der Waals surface area contributed by atoms with E-state index in [1.54, 1.807) is 48.5 Å². The lowest BCUT2D eigenvalue weighted by molar-refractivity contribution is -0.114. The van der Waals surface area contributed by atoms with Crippen molar-refractivity contribution in [2.24, 2.45) is 0 Å². The van der Waals surface area contributed by atoms with Gasteiger partial charge in [0.2, 0.25) is 11.9 Å². The van der Waals surface area contributed by atoms with Crippen LogP contribution in [0.3, 0.4) is 0 Å². The Morgan fingerprint density at radius 2 is 1.71 bits per heavy atom. The second kappa shape index (κ2) is 8.58. The summed E-state index contributed by atoms with van der Waals surface area (Å²) in [6.45, 7) is 1.45. The van der Waals surface area contributed by atoms with Gasteiger partial charge in [-0.1, -0.05) is 6.07 Å². The molecule has 142 valence electrons. The number of esters is 1. The molecule has 3 aromatic rings. The molecule has 9 heteroatoms. The average molecular weight is 378 g/mol. The minimum atomic E-state index is -0.430. The van der Waals surface area contributed by atoms with Crippen LogP contribution in [0.2, 0.25) is 0 Å². The average Bonchev–Trinajstić information content (AvgIpc) is 2.69. The number of nitrogens with zero attached hydrogens (tertiary/aromatic N) is 3. The van der Waals surface area contributed by atoms with Crippen LogP contribution in [0.15, 0.2) is 54.7 Å². The highest BCUT2D eigenvalue weighted by atomic mass is 16.5. The number of carbonyl (C=O) groups is 2. The zero-order valence-corrected chi connectivity index (χ0v) is 15.3. The van der Waals surface area contributed by atoms with Crippen LogP contribution in [0.4, 0.5) is 28.8 Å². The quantitative estimate of drug-likeness (QED) is 0.560. The third-order valence-corrected chi connectivity index (χ3v) is 3.58. The largest absolute Gasteiger partial charge is 0.465 e. The van der Waals surface area contributed by atoms with Gasteiger partial charge >= 0.3 is 5.97 Å². The Balaban J connectivity index is 1.70. The van der Waals surface area contributed by atoms with Gasteiger partial charge in [0, 0.05) is 24.0 Å². The van der Waals surface area contributed by atoms with E-state index in [9.17, 15) is 9.59 Å². The molecule has 0 saturated carbocycles. The maximum Gasteiger partial charge on any atom is 0.337 e. The molecule has 3 rings (SSSR count). The number of rotatable bonds is 6. The number of benzene rings is 2. The summed E-state index contributed by atoms with van der Waals surface area (Å²) in [6, 6.07) is 13.9. The lowest BCUT2D eigenvalue weighted by atomic mass is 10.2. The van der Waals surface area contributed by atoms with Crippen molar-refractivity contribution >= 4 is 40.7 Å². The molecular formula is C19H18N6O3. The molecule has 1 aromatic heterocycles. The van der Waals surface area contributed by atoms with Gasteiger partial charge in [0.15, 0.2) is 5.82 Å². The summed E-state index contributed by atoms with van der Waals surface area (Å²) in [5.41, 5.74) is 2.51. The number of aromatic nitrogens is 3. The van der Waals surface area contributed by atoms with Crippen molar-refractivity contribution < 1.29 is 14.3 Å². The number of nitrogens with one attached hydrogen (secondary N) is 3. The van der Waals surface area contributed by atoms with E-state index in [-0.39, 0.29) is 11.9 Å². The topological polar surface area (TPSA) is 118 Å². The van der Waals surface area contributed by atoms with Crippen molar-refractivity contribution in [3.05, 3.63) is 60.3 Å². The highest BCUT2D eigenvalue weighted by Crippen LogP contribution is 2.19. The zero-order chi connectivity index (χ0) is 19.9. The molecule has 0 aliphatic heterocycles. The molecule has 1 amide bonds. The normalized spacial score (nSPS) is 10.1. The summed E-state index contributed by atoms with van der Waals surface area (Å²) in [5, 5.41) is 16.7. The molecule has 0 aliphatic carbocycles. The lowest BCUT2D eigenvalue weighted by Gasteiger charge is -2.09. The second-order valence-corrected chi connectivity index (χ2v) is 5.75. The lowest BCUT2D eigenvalue weighted by Crippen LogP contribution is -2.06. The van der Waals surface area contributed by atoms with E-state index < -0.39 is 5.97 Å². The van der Waals surface area contributed by atoms with Gasteiger partial charge in [-0.25, -0.2) is 4.79 Å². The molecule has 3 N–H and O–H groups in total. The van der Waals surface area contributed by atoms with Gasteiger partial charge in [0.05, 0.1) is 18.9 Å². The summed E-state index contributed by atoms with van der Waals surface area (Å²) in [4.78, 5) is 27.0. The van der Waals surface area contributed by atoms with E-state index in [0.29, 0.717) is 22.8 Å². The molecule has 9 nitrogen and oxygen atoms in total. The van der Waals surface area contributed by atoms with Gasteiger partial charge in [-0.05, 0) is 42.5 Å². The van der Waals surface area contributed by atoms with Crippen molar-refractivity contribution in [2.45, 2.75) is 6.92 Å². The first-order chi connectivity index (χ1) is 13.5. The second-order valence-electron chi connectivity index (χ2n) is 5.75. The minimum Gasteiger partial charge on any atom is -0.465 e. The van der Waals surface area contributed by atoms with Gasteiger partial charge in [-0.15, -0.1) is 5.10 Å². The molecule has 0 spiro atoms. The van der Waals surface area contributed by atoms with E-state index in [4.69, 9.17) is 4.74 Å². The van der Waals surface area contributed by atoms with Gasteiger partial charge in [0.1, 0.15) is 0 Å². The first kappa shape index (κ1) is 18.8. The SMILES string of the molecule is COC(=O)c1cccc(Nc2nncc(Nc3ccc(NC(C)=O)cc3)n2)c1. The summed E-state index contributed by atoms with van der Waals surface area (Å²) >= 11 is 0. The Kier molecular flexibility index (Phi) is 5.75. The van der Waals surface area contributed by atoms with E-state index in [0.717, 1.165) is 5.69 Å². The molecular weight excluding hydrogens is 360 g/mol. The molecule has 0 radical (unpaired) electrons. The van der Waals surface area contributed by atoms with E-state index >= 15 is 0 Å². The Bertz CT molecular complexity index is 991. The molecule has 0 aliphatic rings. The standard InChI is InChI=1S/C19H18N6O3/c1-12(26)21-14-6-8-15(9-7-14)22-17-11-20-25-19(24-17)23-16-5-3-4-13(10-16)18(27)28-2/h3-11H,1-2H3,(H,21,26)(H2,22,23,24,25). The molecule has 0 saturated heterocycles. The maximum absolute atomic E-state index is 11.6. The molecule has 0 fully saturated rings. The number of carbonyl (C=O) groups excluding carboxylic acids is 2. The molecule has 28 heavy (non-hydrogen) atoms. The van der Waals surface area contributed by atoms with E-state index in [1.165, 1.54) is 20.2 Å². The van der Waals surface area contributed by atoms with Crippen molar-refractivity contribution in [3.8, 4) is 0 Å². The summed E-state index contributed by atoms with van der Waals surface area (Å²) in [7, 11) is 1.33. The first-order valence-electron chi connectivity index (χ1n) is 8.33. The van der Waals surface area contributed by atoms with E-state index in [2.05, 4.69) is 31.1 Å². The van der Waals surface area contributed by atoms with Crippen LogP contribution in [0.1, 0.15) is 17.3 Å². The predicted molar refractivity (Wildman–Crippen MR) is 105 cm³/mol. The summed E-state index contributed by atoms with van der Waals surface area (Å²) in [6.07, 6.45) is 1.48. The maximum atomic E-state index is 11.6. The Hall–Kier alpha value is -4.01. The fourth-order valence-electron chi connectivity index (χ4n) is 2.38. The first-order valence-corrected chi connectivity index (χ1v) is 8.33. The summed E-state index contributed by atoms with van der Waals surface area (Å²) in [5.74, 6) is 0.185. The molecule has 2 aromatic carbocycles. The smallest absolute Gasteiger partial charge is 0.337 e. The fourth-order valence-corrected chi connectivity index (χ4v) is 2.38. The Morgan fingerprint density at radius 3 is 2.43 bits per heavy atom. The highest BCUT2D eigenvalue weighted by Gasteiger charge is 2.07. The van der Waals surface area contributed by atoms with Gasteiger partial charge in [-0.3, -0.25) is 4.79 Å². The van der Waals surface area contributed by atoms with Gasteiger partial charge in [0.25, 0.3) is 0 Å². The van der Waals surface area contributed by atoms with Gasteiger partial charge < -0.3 is 20.7 Å². The molecule has 0 atom stereocenters. The number of hydrogen-bond donors (Lipinski definition) is 3. The molecule has 0 unspecified atom stereocenters. The fraction of sp³-hybridized carbons (Fsp3) is 0.105. The van der Waals surface area contributed by atoms with Crippen LogP contribution < -0.4 is 16.0 Å². The molecule has 0 bridgehead atoms. The predicted octanol–water partition coefficient (Wildman–Crippen LogP) is 3.10. The van der Waals surface area contributed by atoms with Crippen molar-refractivity contribution in [1.29, 1.82) is 0 Å². The number of anilines is 5. The van der Waals surface area contributed by atoms with Gasteiger partial charge in [-0.2, -0.15) is 10.1 Å². The zero-order valence-electron chi connectivity index (χ0n) is 15.3. The Labute approximate surface area is 161 Å². The number of amides is 1. The Morgan fingerprint density at radius 1 is 0.964 bits per heavy atom. The van der Waals surface area contributed by atoms with Crippen LogP contribution in [-0.2, 0) is 9.53 Å². The third kappa shape index (κ3) is 5.01. The van der Waals surface area contributed by atoms with Crippen LogP contribution in [0, 0.1) is 0 Å². The third-order valence-electron chi connectivity index (χ3n) is 3.58. The van der Waals surface area contributed by atoms with E-state index in [1.807, 2.05) is 0 Å². The molecule has 1 heterocycles. The number of hydrogen-bond acceptors (Lipinski definition) is 8.